The van der Waals surface area contributed by atoms with Gasteiger partial charge in [-0.2, -0.15) is 0 Å². The molecule has 2 heterocycles. The quantitative estimate of drug-likeness (QED) is 0.572. The van der Waals surface area contributed by atoms with Gasteiger partial charge in [0.05, 0.1) is 7.11 Å². The highest BCUT2D eigenvalue weighted by Crippen LogP contribution is 2.31. The summed E-state index contributed by atoms with van der Waals surface area (Å²) >= 11 is 1.73. The summed E-state index contributed by atoms with van der Waals surface area (Å²) in [6, 6.07) is 10.3. The molecule has 3 N–H and O–H groups in total. The van der Waals surface area contributed by atoms with Crippen LogP contribution in [-0.2, 0) is 6.42 Å². The highest BCUT2D eigenvalue weighted by atomic mass is 32.1. The van der Waals surface area contributed by atoms with E-state index in [9.17, 15) is 0 Å². The molecule has 0 saturated carbocycles. The summed E-state index contributed by atoms with van der Waals surface area (Å²) in [5.41, 5.74) is 5.80. The zero-order valence-electron chi connectivity index (χ0n) is 12.0. The first kappa shape index (κ1) is 13.9. The number of nitrogens with two attached hydrogens (primary N) is 1. The van der Waals surface area contributed by atoms with E-state index >= 15 is 0 Å². The van der Waals surface area contributed by atoms with Crippen LogP contribution in [0.5, 0.6) is 5.75 Å². The Kier molecular flexibility index (Phi) is 3.77. The zero-order chi connectivity index (χ0) is 14.8. The molecule has 0 saturated heterocycles. The van der Waals surface area contributed by atoms with Crippen LogP contribution in [0.15, 0.2) is 35.7 Å². The summed E-state index contributed by atoms with van der Waals surface area (Å²) in [5.74, 6) is 7.10. The molecular formula is C16H17N3OS. The van der Waals surface area contributed by atoms with Gasteiger partial charge in [-0.3, -0.25) is 0 Å². The third-order valence-electron chi connectivity index (χ3n) is 3.55. The molecular weight excluding hydrogens is 282 g/mol. The van der Waals surface area contributed by atoms with E-state index in [-0.39, 0.29) is 0 Å². The van der Waals surface area contributed by atoms with Gasteiger partial charge in [0.1, 0.15) is 17.1 Å². The Morgan fingerprint density at radius 2 is 2.19 bits per heavy atom. The van der Waals surface area contributed by atoms with Crippen LogP contribution in [0.2, 0.25) is 0 Å². The van der Waals surface area contributed by atoms with E-state index in [2.05, 4.69) is 40.9 Å². The Labute approximate surface area is 127 Å². The van der Waals surface area contributed by atoms with Crippen LogP contribution in [0.4, 0.5) is 5.82 Å². The summed E-state index contributed by atoms with van der Waals surface area (Å²) in [7, 11) is 1.65. The van der Waals surface area contributed by atoms with Crippen molar-refractivity contribution in [1.82, 2.24) is 4.98 Å². The molecule has 0 unspecified atom stereocenters. The second-order valence-corrected chi connectivity index (χ2v) is 5.91. The van der Waals surface area contributed by atoms with Gasteiger partial charge >= 0.3 is 0 Å². The number of anilines is 1. The number of nitrogens with one attached hydrogen (secondary N) is 1. The molecule has 2 aromatic heterocycles. The van der Waals surface area contributed by atoms with Crippen molar-refractivity contribution in [1.29, 1.82) is 0 Å². The molecule has 3 rings (SSSR count). The number of hydrazine groups is 1. The monoisotopic (exact) mass is 299 g/mol. The molecule has 21 heavy (non-hydrogen) atoms. The Hall–Kier alpha value is -2.11. The van der Waals surface area contributed by atoms with E-state index in [4.69, 9.17) is 10.6 Å². The normalized spacial score (nSPS) is 10.8. The molecule has 3 aromatic rings. The van der Waals surface area contributed by atoms with Gasteiger partial charge in [-0.1, -0.05) is 12.1 Å². The average Bonchev–Trinajstić information content (AvgIpc) is 3.00. The van der Waals surface area contributed by atoms with E-state index in [1.54, 1.807) is 18.4 Å². The Morgan fingerprint density at radius 3 is 2.86 bits per heavy atom. The first-order valence-electron chi connectivity index (χ1n) is 6.69. The third-order valence-corrected chi connectivity index (χ3v) is 4.42. The number of rotatable bonds is 4. The van der Waals surface area contributed by atoms with Gasteiger partial charge in [-0.05, 0) is 36.1 Å². The summed E-state index contributed by atoms with van der Waals surface area (Å²) in [5, 5.41) is 3.17. The van der Waals surface area contributed by atoms with Crippen molar-refractivity contribution < 1.29 is 4.74 Å². The van der Waals surface area contributed by atoms with Gasteiger partial charge in [-0.25, -0.2) is 10.8 Å². The fourth-order valence-corrected chi connectivity index (χ4v) is 3.17. The number of thiophene rings is 1. The van der Waals surface area contributed by atoms with Crippen LogP contribution in [0.3, 0.4) is 0 Å². The van der Waals surface area contributed by atoms with E-state index in [1.807, 2.05) is 12.1 Å². The molecule has 0 radical (unpaired) electrons. The van der Waals surface area contributed by atoms with Crippen LogP contribution in [0.25, 0.3) is 10.9 Å². The van der Waals surface area contributed by atoms with E-state index in [0.717, 1.165) is 28.6 Å². The Morgan fingerprint density at radius 1 is 1.33 bits per heavy atom. The first-order chi connectivity index (χ1) is 10.2. The van der Waals surface area contributed by atoms with Gasteiger partial charge in [0.25, 0.3) is 0 Å². The molecule has 108 valence electrons. The van der Waals surface area contributed by atoms with E-state index < -0.39 is 0 Å². The van der Waals surface area contributed by atoms with Gasteiger partial charge in [0, 0.05) is 22.2 Å². The zero-order valence-corrected chi connectivity index (χ0v) is 12.8. The predicted octanol–water partition coefficient (Wildman–Crippen LogP) is 3.49. The lowest BCUT2D eigenvalue weighted by Gasteiger charge is -2.13. The van der Waals surface area contributed by atoms with Crippen LogP contribution in [0.1, 0.15) is 16.0 Å². The molecule has 0 aliphatic rings. The van der Waals surface area contributed by atoms with Crippen molar-refractivity contribution in [2.24, 2.45) is 5.84 Å². The number of benzene rings is 1. The van der Waals surface area contributed by atoms with Gasteiger partial charge in [0.15, 0.2) is 0 Å². The number of hydrogen-bond acceptors (Lipinski definition) is 5. The van der Waals surface area contributed by atoms with Crippen molar-refractivity contribution >= 4 is 28.1 Å². The van der Waals surface area contributed by atoms with Crippen LogP contribution < -0.4 is 16.0 Å². The number of hydrogen-bond donors (Lipinski definition) is 2. The summed E-state index contributed by atoms with van der Waals surface area (Å²) in [6.07, 6.45) is 0.816. The topological polar surface area (TPSA) is 60.2 Å². The SMILES string of the molecule is COc1ccc(C)c2cc(Cc3cccs3)c(NN)nc12. The molecule has 0 aliphatic carbocycles. The highest BCUT2D eigenvalue weighted by molar-refractivity contribution is 7.09. The minimum Gasteiger partial charge on any atom is -0.494 e. The predicted molar refractivity (Wildman–Crippen MR) is 88.0 cm³/mol. The van der Waals surface area contributed by atoms with Gasteiger partial charge in [-0.15, -0.1) is 11.3 Å². The minimum absolute atomic E-state index is 0.694. The Balaban J connectivity index is 2.18. The van der Waals surface area contributed by atoms with E-state index in [0.29, 0.717) is 5.82 Å². The smallest absolute Gasteiger partial charge is 0.145 e. The number of aryl methyl sites for hydroxylation is 1. The number of pyridine rings is 1. The van der Waals surface area contributed by atoms with Crippen molar-refractivity contribution in [3.8, 4) is 5.75 Å². The van der Waals surface area contributed by atoms with Gasteiger partial charge < -0.3 is 10.2 Å². The number of ether oxygens (including phenoxy) is 1. The molecule has 4 nitrogen and oxygen atoms in total. The van der Waals surface area contributed by atoms with Crippen molar-refractivity contribution in [3.05, 3.63) is 51.7 Å². The summed E-state index contributed by atoms with van der Waals surface area (Å²) in [4.78, 5) is 5.93. The average molecular weight is 299 g/mol. The largest absolute Gasteiger partial charge is 0.494 e. The lowest BCUT2D eigenvalue weighted by molar-refractivity contribution is 0.419. The van der Waals surface area contributed by atoms with Gasteiger partial charge in [0.2, 0.25) is 0 Å². The molecule has 0 spiro atoms. The summed E-state index contributed by atoms with van der Waals surface area (Å²) < 4.78 is 5.40. The summed E-state index contributed by atoms with van der Waals surface area (Å²) in [6.45, 7) is 2.08. The maximum Gasteiger partial charge on any atom is 0.145 e. The fraction of sp³-hybridized carbons (Fsp3) is 0.188. The molecule has 0 atom stereocenters. The lowest BCUT2D eigenvalue weighted by atomic mass is 10.0. The van der Waals surface area contributed by atoms with Crippen molar-refractivity contribution in [2.75, 3.05) is 12.5 Å². The van der Waals surface area contributed by atoms with Crippen LogP contribution in [-0.4, -0.2) is 12.1 Å². The molecule has 0 fully saturated rings. The maximum absolute atomic E-state index is 5.65. The highest BCUT2D eigenvalue weighted by Gasteiger charge is 2.12. The molecule has 5 heteroatoms. The number of fused-ring (bicyclic) bond motifs is 1. The van der Waals surface area contributed by atoms with Crippen molar-refractivity contribution in [2.45, 2.75) is 13.3 Å². The van der Waals surface area contributed by atoms with Crippen LogP contribution in [0, 0.1) is 6.92 Å². The molecule has 0 bridgehead atoms. The number of aromatic nitrogens is 1. The second-order valence-electron chi connectivity index (χ2n) is 4.88. The second kappa shape index (κ2) is 5.71. The number of nitrogen functional groups attached to an aromatic ring is 1. The molecule has 0 amide bonds. The maximum atomic E-state index is 5.65. The standard InChI is InChI=1S/C16H17N3OS/c1-10-5-6-14(20-2)15-13(10)9-11(16(18-15)19-17)8-12-4-3-7-21-12/h3-7,9H,8,17H2,1-2H3,(H,18,19). The first-order valence-corrected chi connectivity index (χ1v) is 7.57. The number of nitrogens with zero attached hydrogens (tertiary/aromatic N) is 1. The van der Waals surface area contributed by atoms with E-state index in [1.165, 1.54) is 10.4 Å². The van der Waals surface area contributed by atoms with Crippen LogP contribution >= 0.6 is 11.3 Å². The minimum atomic E-state index is 0.694. The third kappa shape index (κ3) is 2.57. The lowest BCUT2D eigenvalue weighted by Crippen LogP contribution is -2.11. The van der Waals surface area contributed by atoms with Crippen molar-refractivity contribution in [3.63, 3.8) is 0 Å². The number of methoxy groups -OCH3 is 1. The molecule has 0 aliphatic heterocycles. The Bertz CT molecular complexity index is 769. The fourth-order valence-electron chi connectivity index (χ4n) is 2.44. The molecule has 1 aromatic carbocycles.